The van der Waals surface area contributed by atoms with Gasteiger partial charge in [0, 0.05) is 147 Å². The van der Waals surface area contributed by atoms with E-state index in [4.69, 9.17) is 60.3 Å². The van der Waals surface area contributed by atoms with Crippen LogP contribution in [0.4, 0.5) is 0 Å². The zero-order valence-electron chi connectivity index (χ0n) is 105. The van der Waals surface area contributed by atoms with Crippen LogP contribution < -0.4 is 22.8 Å². The van der Waals surface area contributed by atoms with Crippen molar-refractivity contribution in [1.82, 2.24) is 0 Å². The fourth-order valence-electron chi connectivity index (χ4n) is 11.6. The van der Waals surface area contributed by atoms with Crippen molar-refractivity contribution in [3.05, 3.63) is 262 Å². The first-order valence-electron chi connectivity index (χ1n) is 54.3. The van der Waals surface area contributed by atoms with Gasteiger partial charge in [0.2, 0.25) is 28.5 Å². The highest BCUT2D eigenvalue weighted by molar-refractivity contribution is 5.68. The Morgan fingerprint density at radius 1 is 0.242 bits per heavy atom. The maximum absolute atomic E-state index is 8.56. The summed E-state index contributed by atoms with van der Waals surface area (Å²) in [6.07, 6.45) is 7.69. The van der Waals surface area contributed by atoms with E-state index in [-0.39, 0.29) is 50.2 Å². The first-order valence-corrected chi connectivity index (χ1v) is 32.3. The van der Waals surface area contributed by atoms with E-state index in [0.717, 1.165) is 69.9 Å². The molecule has 0 radical (unpaired) electrons. The first kappa shape index (κ1) is 37.5. The molecule has 0 amide bonds. The third-order valence-corrected chi connectivity index (χ3v) is 17.7. The van der Waals surface area contributed by atoms with Gasteiger partial charge in [0.05, 0.1) is 0 Å². The minimum atomic E-state index is -2.88. The lowest BCUT2D eigenvalue weighted by molar-refractivity contribution is -0.660. The van der Waals surface area contributed by atoms with Crippen LogP contribution in [-0.4, -0.2) is 0 Å². The van der Waals surface area contributed by atoms with E-state index in [1.54, 1.807) is 145 Å². The smallest absolute Gasteiger partial charge is 0.201 e. The number of benzene rings is 5. The lowest BCUT2D eigenvalue weighted by Crippen LogP contribution is -2.32. The summed E-state index contributed by atoms with van der Waals surface area (Å²) >= 11 is 0. The first-order chi connectivity index (χ1) is 63.6. The van der Waals surface area contributed by atoms with Gasteiger partial charge in [0.15, 0.2) is 31.0 Å². The van der Waals surface area contributed by atoms with Crippen LogP contribution in [0, 0.1) is 131 Å². The van der Waals surface area contributed by atoms with Crippen LogP contribution in [0.2, 0.25) is 0 Å². The van der Waals surface area contributed by atoms with Gasteiger partial charge < -0.3 is 0 Å². The molecule has 0 fully saturated rings. The minimum absolute atomic E-state index is 0.0966. The molecule has 0 aliphatic rings. The summed E-state index contributed by atoms with van der Waals surface area (Å²) in [4.78, 5) is 0. The van der Waals surface area contributed by atoms with Crippen molar-refractivity contribution in [2.75, 3.05) is 0 Å². The molecule has 5 aromatic heterocycles. The Hall–Kier alpha value is -8.15. The molecule has 99 heavy (non-hydrogen) atoms. The number of nitrogens with zero attached hydrogens (tertiary/aromatic N) is 5. The van der Waals surface area contributed by atoms with Gasteiger partial charge in [-0.25, -0.2) is 22.8 Å². The molecule has 0 saturated carbocycles. The molecule has 0 saturated heterocycles. The Morgan fingerprint density at radius 3 is 0.869 bits per heavy atom. The Balaban J connectivity index is 0.000000275. The maximum Gasteiger partial charge on any atom is 0.212 e. The average Bonchev–Trinajstić information content (AvgIpc) is 0.730. The van der Waals surface area contributed by atoms with Crippen LogP contribution in [0.3, 0.4) is 0 Å². The van der Waals surface area contributed by atoms with Crippen molar-refractivity contribution < 1.29 is 83.1 Å². The number of rotatable bonds is 10. The SMILES string of the molecule is [2H]C([2H])([2H])c1c[n+](C)c(-c2cc(C([2H])(C)C([2H])([2H])[2H])c(C([2H])([2H])[2H])cc2C)cc1C.[2H]C([2H])([2H])c1c[n+](C)c(-c2cc(C)c(C([2H])(C)C([2H])([2H])[2H])cc2C)cc1C.[2H]C([2H])([2H])c1cc(C)c(-c2cc(C([2H])(C)C([2H])([2H])[2H])c(C([2H])([2H])[2H])c[n+]2C)cc1C([2H])(C)C([2H])([2H])[2H].[2H]C([2H])([2H])c1cc(C)c(-c2cc(C([2H])(C)C([2H])([2H])[2H])cc[n+]2C)cc1C.[2H]C([2H])([2H])c1cc(C)c(-c2cc(C)c(C([2H])([2H])[2H])c[n+]2C)cc1C. The van der Waals surface area contributed by atoms with Gasteiger partial charge in [0.1, 0.15) is 35.2 Å². The van der Waals surface area contributed by atoms with Crippen LogP contribution in [0.15, 0.2) is 128 Å². The quantitative estimate of drug-likeness (QED) is 0.122. The van der Waals surface area contributed by atoms with Crippen molar-refractivity contribution in [2.24, 2.45) is 35.2 Å². The largest absolute Gasteiger partial charge is 0.212 e. The number of pyridine rings is 5. The highest BCUT2D eigenvalue weighted by Gasteiger charge is 2.23. The van der Waals surface area contributed by atoms with Crippen molar-refractivity contribution in [2.45, 2.75) is 229 Å². The summed E-state index contributed by atoms with van der Waals surface area (Å²) in [7, 11) is 8.61. The van der Waals surface area contributed by atoms with Crippen LogP contribution in [-0.2, 0) is 35.2 Å². The molecule has 5 heteroatoms. The van der Waals surface area contributed by atoms with E-state index in [9.17, 15) is 0 Å². The van der Waals surface area contributed by atoms with Crippen molar-refractivity contribution in [3.63, 3.8) is 0 Å². The van der Waals surface area contributed by atoms with Crippen LogP contribution in [0.25, 0.3) is 56.3 Å². The normalized spacial score (nSPS) is 22.4. The maximum atomic E-state index is 8.56. The molecule has 0 aliphatic heterocycles. The standard InChI is InChI=1S/C21H30N.2C19H26N.C18H24N.C17H22N/c1-13(2)18-10-20(16(6)9-15(18)5)21-11-19(14(3)4)17(7)12-22(21)8;1-12(2)17-8-15(5)18(9-14(17)4)19-10-13(3)16(6)11-20(19)7;1-12(2)17-10-18(15(5)8-14(17)4)19-9-13(3)16(6)11-20(19)7;1-12(2)16-7-8-19(6)18(11-16)17-10-14(4)13(3)9-15(17)5;1-11-7-14(4)16(8-12(11)2)17-9-13(3)15(5)10-18(17)6/h9-14H,1-8H3;2*8-12H,1-7H3;7-12H,1-6H3;7-10H,1-6H3/q5*+1/i1D3,3D3,5D3,7D3,13D,14D;1D3,6D3,12D;1D3,4D3,6D3,12D;1D3,3D3,12D;1D3,5D3. The predicted octanol–water partition coefficient (Wildman–Crippen LogP) is 22.4. The summed E-state index contributed by atoms with van der Waals surface area (Å²) in [5.41, 5.74) is 15.1. The van der Waals surface area contributed by atoms with E-state index in [1.165, 1.54) is 75.1 Å². The fourth-order valence-corrected chi connectivity index (χ4v) is 11.6. The number of hydrogen-bond donors (Lipinski definition) is 0. The molecular formula is C94H128N5+5. The van der Waals surface area contributed by atoms with Crippen LogP contribution in [0.1, 0.15) is 292 Å². The fraction of sp³-hybridized carbons (Fsp3) is 0.415. The zero-order chi connectivity index (χ0) is 111. The summed E-state index contributed by atoms with van der Waals surface area (Å²) in [5, 5.41) is 0. The monoisotopic (exact) mass is 1370 g/mol. The summed E-state index contributed by atoms with van der Waals surface area (Å²) in [6, 6.07) is 26.1. The van der Waals surface area contributed by atoms with Gasteiger partial charge in [-0.15, -0.1) is 0 Å². The van der Waals surface area contributed by atoms with E-state index in [2.05, 4.69) is 0 Å². The van der Waals surface area contributed by atoms with Gasteiger partial charge in [-0.1, -0.05) is 99.2 Å². The molecule has 5 nitrogen and oxygen atoms in total. The van der Waals surface area contributed by atoms with Crippen molar-refractivity contribution in [3.8, 4) is 56.3 Å². The molecule has 524 valence electrons. The topological polar surface area (TPSA) is 19.4 Å². The van der Waals surface area contributed by atoms with E-state index in [1.807, 2.05) is 62.7 Å². The molecule has 5 aromatic carbocycles. The molecule has 5 unspecified atom stereocenters. The van der Waals surface area contributed by atoms with Crippen molar-refractivity contribution in [1.29, 1.82) is 0 Å². The summed E-state index contributed by atoms with van der Waals surface area (Å²) in [5.74, 6) is -10.2. The minimum Gasteiger partial charge on any atom is -0.201 e. The lowest BCUT2D eigenvalue weighted by Gasteiger charge is -2.16. The van der Waals surface area contributed by atoms with Gasteiger partial charge in [0.25, 0.3) is 0 Å². The van der Waals surface area contributed by atoms with Gasteiger partial charge >= 0.3 is 0 Å². The third-order valence-electron chi connectivity index (χ3n) is 17.7. The second kappa shape index (κ2) is 33.8. The molecule has 10 rings (SSSR count). The molecule has 0 spiro atoms. The van der Waals surface area contributed by atoms with E-state index >= 15 is 0 Å². The highest BCUT2D eigenvalue weighted by Crippen LogP contribution is 2.34. The molecule has 5 atom stereocenters. The van der Waals surface area contributed by atoms with Gasteiger partial charge in [-0.3, -0.25) is 0 Å². The Kier molecular flexibility index (Phi) is 12.8. The van der Waals surface area contributed by atoms with E-state index < -0.39 is 119 Å². The zero-order valence-corrected chi connectivity index (χ0v) is 61.4. The molecule has 0 aliphatic carbocycles. The third kappa shape index (κ3) is 19.4. The Labute approximate surface area is 664 Å². The molecule has 0 bridgehead atoms. The summed E-state index contributed by atoms with van der Waals surface area (Å²) < 4.78 is 353. The van der Waals surface area contributed by atoms with Crippen LogP contribution >= 0.6 is 0 Å². The lowest BCUT2D eigenvalue weighted by atomic mass is 9.90. The van der Waals surface area contributed by atoms with Gasteiger partial charge in [-0.05, 0) is 302 Å². The second-order valence-corrected chi connectivity index (χ2v) is 26.1. The Morgan fingerprint density at radius 2 is 0.515 bits per heavy atom. The highest BCUT2D eigenvalue weighted by atomic mass is 14.9. The second-order valence-electron chi connectivity index (χ2n) is 26.1. The predicted molar refractivity (Wildman–Crippen MR) is 426 cm³/mol. The summed E-state index contributed by atoms with van der Waals surface area (Å²) in [6.45, 7) is -6.75. The molecule has 10 aromatic rings. The number of aromatic nitrogens is 5. The Bertz CT molecular complexity index is 6220. The molecular weight excluding hydrogens is 1200 g/mol. The number of aryl methyl sites for hydroxylation is 24. The number of hydrogen-bond acceptors (Lipinski definition) is 0. The molecule has 5 heterocycles. The van der Waals surface area contributed by atoms with E-state index in [0.29, 0.717) is 83.6 Å². The van der Waals surface area contributed by atoms with Gasteiger partial charge in [-0.2, -0.15) is 0 Å². The van der Waals surface area contributed by atoms with Crippen LogP contribution in [0.5, 0.6) is 0 Å². The molecule has 0 N–H and O–H groups in total. The van der Waals surface area contributed by atoms with Crippen molar-refractivity contribution >= 4 is 0 Å². The average molecular weight is 1370 g/mol.